The summed E-state index contributed by atoms with van der Waals surface area (Å²) in [6.45, 7) is 7.88. The van der Waals surface area contributed by atoms with Gasteiger partial charge < -0.3 is 15.5 Å². The van der Waals surface area contributed by atoms with E-state index in [1.165, 1.54) is 11.1 Å². The Morgan fingerprint density at radius 1 is 1.17 bits per heavy atom. The first-order valence-electron chi connectivity index (χ1n) is 9.49. The van der Waals surface area contributed by atoms with E-state index >= 15 is 0 Å². The lowest BCUT2D eigenvalue weighted by molar-refractivity contribution is 0.177. The van der Waals surface area contributed by atoms with Gasteiger partial charge in [0, 0.05) is 25.7 Å². The molecule has 24 heavy (non-hydrogen) atoms. The SMILES string of the molecule is CC(C)CN1CCC(NC(=O)N[C@H]2CCCc3ccccc32)CC1. The number of benzene rings is 1. The molecule has 0 bridgehead atoms. The summed E-state index contributed by atoms with van der Waals surface area (Å²) in [5.41, 5.74) is 2.68. The molecule has 1 aromatic carbocycles. The Morgan fingerprint density at radius 2 is 1.92 bits per heavy atom. The van der Waals surface area contributed by atoms with Gasteiger partial charge in [0.05, 0.1) is 6.04 Å². The summed E-state index contributed by atoms with van der Waals surface area (Å²) in [6, 6.07) is 8.98. The number of hydrogen-bond acceptors (Lipinski definition) is 2. The number of amides is 2. The van der Waals surface area contributed by atoms with E-state index in [2.05, 4.69) is 53.6 Å². The van der Waals surface area contributed by atoms with Crippen LogP contribution in [0.2, 0.25) is 0 Å². The van der Waals surface area contributed by atoms with Crippen LogP contribution in [0.5, 0.6) is 0 Å². The minimum atomic E-state index is -0.000914. The molecule has 0 saturated carbocycles. The zero-order valence-electron chi connectivity index (χ0n) is 15.1. The zero-order chi connectivity index (χ0) is 16.9. The number of hydrogen-bond donors (Lipinski definition) is 2. The van der Waals surface area contributed by atoms with E-state index < -0.39 is 0 Å². The molecule has 2 aliphatic rings. The molecule has 1 aliphatic carbocycles. The molecule has 3 rings (SSSR count). The van der Waals surface area contributed by atoms with Gasteiger partial charge in [-0.15, -0.1) is 0 Å². The van der Waals surface area contributed by atoms with Gasteiger partial charge in [0.1, 0.15) is 0 Å². The van der Waals surface area contributed by atoms with Crippen molar-refractivity contribution in [3.63, 3.8) is 0 Å². The van der Waals surface area contributed by atoms with Crippen molar-refractivity contribution in [1.29, 1.82) is 0 Å². The largest absolute Gasteiger partial charge is 0.335 e. The number of likely N-dealkylation sites (tertiary alicyclic amines) is 1. The monoisotopic (exact) mass is 329 g/mol. The lowest BCUT2D eigenvalue weighted by Gasteiger charge is -2.34. The van der Waals surface area contributed by atoms with Gasteiger partial charge in [-0.3, -0.25) is 0 Å². The maximum Gasteiger partial charge on any atom is 0.315 e. The molecule has 0 unspecified atom stereocenters. The minimum Gasteiger partial charge on any atom is -0.335 e. The van der Waals surface area contributed by atoms with Crippen LogP contribution in [0.25, 0.3) is 0 Å². The molecular weight excluding hydrogens is 298 g/mol. The van der Waals surface area contributed by atoms with Crippen molar-refractivity contribution in [2.75, 3.05) is 19.6 Å². The Morgan fingerprint density at radius 3 is 2.67 bits per heavy atom. The molecule has 0 aromatic heterocycles. The van der Waals surface area contributed by atoms with Crippen LogP contribution in [0.4, 0.5) is 4.79 Å². The Labute approximate surface area is 146 Å². The first-order valence-corrected chi connectivity index (χ1v) is 9.49. The van der Waals surface area contributed by atoms with E-state index in [4.69, 9.17) is 0 Å². The molecule has 1 fully saturated rings. The van der Waals surface area contributed by atoms with E-state index in [9.17, 15) is 4.79 Å². The number of rotatable bonds is 4. The number of nitrogens with zero attached hydrogens (tertiary/aromatic N) is 1. The summed E-state index contributed by atoms with van der Waals surface area (Å²) in [7, 11) is 0. The Hall–Kier alpha value is -1.55. The predicted molar refractivity (Wildman–Crippen MR) is 98.1 cm³/mol. The third-order valence-electron chi connectivity index (χ3n) is 5.22. The van der Waals surface area contributed by atoms with Gasteiger partial charge in [-0.25, -0.2) is 4.79 Å². The van der Waals surface area contributed by atoms with Crippen LogP contribution in [0.3, 0.4) is 0 Å². The number of carbonyl (C=O) groups excluding carboxylic acids is 1. The van der Waals surface area contributed by atoms with Crippen LogP contribution in [-0.2, 0) is 6.42 Å². The van der Waals surface area contributed by atoms with Crippen LogP contribution < -0.4 is 10.6 Å². The van der Waals surface area contributed by atoms with Crippen molar-refractivity contribution < 1.29 is 4.79 Å². The van der Waals surface area contributed by atoms with Crippen LogP contribution in [0.1, 0.15) is 56.7 Å². The lowest BCUT2D eigenvalue weighted by Crippen LogP contribution is -2.49. The number of urea groups is 1. The predicted octanol–water partition coefficient (Wildman–Crippen LogP) is 3.48. The van der Waals surface area contributed by atoms with Crippen molar-refractivity contribution in [3.8, 4) is 0 Å². The molecule has 2 amide bonds. The maximum atomic E-state index is 12.4. The zero-order valence-corrected chi connectivity index (χ0v) is 15.1. The molecule has 4 heteroatoms. The fourth-order valence-electron chi connectivity index (χ4n) is 4.07. The first kappa shape index (κ1) is 17.3. The highest BCUT2D eigenvalue weighted by Gasteiger charge is 2.24. The van der Waals surface area contributed by atoms with E-state index in [1.54, 1.807) is 0 Å². The van der Waals surface area contributed by atoms with Crippen LogP contribution in [0, 0.1) is 5.92 Å². The van der Waals surface area contributed by atoms with E-state index in [1.807, 2.05) is 0 Å². The number of aryl methyl sites for hydroxylation is 1. The molecule has 132 valence electrons. The average molecular weight is 329 g/mol. The van der Waals surface area contributed by atoms with Gasteiger partial charge >= 0.3 is 6.03 Å². The van der Waals surface area contributed by atoms with Crippen molar-refractivity contribution in [3.05, 3.63) is 35.4 Å². The fourth-order valence-corrected chi connectivity index (χ4v) is 4.07. The smallest absolute Gasteiger partial charge is 0.315 e. The molecule has 0 spiro atoms. The fraction of sp³-hybridized carbons (Fsp3) is 0.650. The van der Waals surface area contributed by atoms with Gasteiger partial charge in [0.25, 0.3) is 0 Å². The summed E-state index contributed by atoms with van der Waals surface area (Å²) < 4.78 is 0. The molecular formula is C20H31N3O. The van der Waals surface area contributed by atoms with E-state index in [-0.39, 0.29) is 12.1 Å². The molecule has 0 radical (unpaired) electrons. The molecule has 1 aromatic rings. The lowest BCUT2D eigenvalue weighted by atomic mass is 9.88. The van der Waals surface area contributed by atoms with E-state index in [0.717, 1.165) is 51.7 Å². The van der Waals surface area contributed by atoms with E-state index in [0.29, 0.717) is 12.0 Å². The Bertz CT molecular complexity index is 550. The van der Waals surface area contributed by atoms with Crippen molar-refractivity contribution in [1.82, 2.24) is 15.5 Å². The number of fused-ring (bicyclic) bond motifs is 1. The van der Waals surface area contributed by atoms with Gasteiger partial charge in [0.2, 0.25) is 0 Å². The topological polar surface area (TPSA) is 44.4 Å². The Kier molecular flexibility index (Phi) is 5.77. The van der Waals surface area contributed by atoms with Crippen LogP contribution >= 0.6 is 0 Å². The second kappa shape index (κ2) is 8.02. The molecule has 1 heterocycles. The second-order valence-electron chi connectivity index (χ2n) is 7.73. The third kappa shape index (κ3) is 4.50. The summed E-state index contributed by atoms with van der Waals surface area (Å²) in [5.74, 6) is 0.712. The van der Waals surface area contributed by atoms with Crippen molar-refractivity contribution >= 4 is 6.03 Å². The van der Waals surface area contributed by atoms with Gasteiger partial charge in [-0.05, 0) is 49.1 Å². The summed E-state index contributed by atoms with van der Waals surface area (Å²) >= 11 is 0. The Balaban J connectivity index is 1.47. The van der Waals surface area contributed by atoms with Crippen LogP contribution in [0.15, 0.2) is 24.3 Å². The maximum absolute atomic E-state index is 12.4. The third-order valence-corrected chi connectivity index (χ3v) is 5.22. The highest BCUT2D eigenvalue weighted by Crippen LogP contribution is 2.29. The molecule has 1 aliphatic heterocycles. The van der Waals surface area contributed by atoms with Gasteiger partial charge in [0.15, 0.2) is 0 Å². The average Bonchev–Trinajstić information content (AvgIpc) is 2.56. The summed E-state index contributed by atoms with van der Waals surface area (Å²) in [5, 5.41) is 6.40. The minimum absolute atomic E-state index is 0.000914. The molecule has 2 N–H and O–H groups in total. The highest BCUT2D eigenvalue weighted by molar-refractivity contribution is 5.75. The molecule has 4 nitrogen and oxygen atoms in total. The molecule has 1 saturated heterocycles. The molecule has 1 atom stereocenters. The summed E-state index contributed by atoms with van der Waals surface area (Å²) in [4.78, 5) is 14.9. The second-order valence-corrected chi connectivity index (χ2v) is 7.73. The number of piperidine rings is 1. The summed E-state index contributed by atoms with van der Waals surface area (Å²) in [6.07, 6.45) is 5.43. The number of carbonyl (C=O) groups is 1. The van der Waals surface area contributed by atoms with Gasteiger partial charge in [-0.1, -0.05) is 38.1 Å². The van der Waals surface area contributed by atoms with Crippen molar-refractivity contribution in [2.24, 2.45) is 5.92 Å². The standard InChI is InChI=1S/C20H31N3O/c1-15(2)14-23-12-10-17(11-13-23)21-20(24)22-19-9-5-7-16-6-3-4-8-18(16)19/h3-4,6,8,15,17,19H,5,7,9-14H2,1-2H3,(H2,21,22,24)/t19-/m0/s1. The van der Waals surface area contributed by atoms with Crippen molar-refractivity contribution in [2.45, 2.75) is 58.0 Å². The van der Waals surface area contributed by atoms with Gasteiger partial charge in [-0.2, -0.15) is 0 Å². The number of nitrogens with one attached hydrogen (secondary N) is 2. The normalized spacial score (nSPS) is 22.2. The first-order chi connectivity index (χ1) is 11.6. The van der Waals surface area contributed by atoms with Crippen LogP contribution in [-0.4, -0.2) is 36.6 Å². The highest BCUT2D eigenvalue weighted by atomic mass is 16.2. The quantitative estimate of drug-likeness (QED) is 0.888.